The molecule has 22 heavy (non-hydrogen) atoms. The first kappa shape index (κ1) is 21.4. The van der Waals surface area contributed by atoms with Gasteiger partial charge in [-0.15, -0.1) is 24.0 Å². The molecule has 1 rings (SSSR count). The number of hydrogen-bond donors (Lipinski definition) is 2. The number of halogens is 1. The van der Waals surface area contributed by atoms with E-state index in [1.807, 2.05) is 6.92 Å². The van der Waals surface area contributed by atoms with Crippen LogP contribution in [0.15, 0.2) is 4.99 Å². The van der Waals surface area contributed by atoms with Gasteiger partial charge in [-0.05, 0) is 26.7 Å². The summed E-state index contributed by atoms with van der Waals surface area (Å²) in [7, 11) is 3.47. The number of rotatable bonds is 5. The monoisotopic (exact) mass is 426 g/mol. The zero-order chi connectivity index (χ0) is 16.0. The van der Waals surface area contributed by atoms with Gasteiger partial charge in [0.15, 0.2) is 5.96 Å². The number of carbonyl (C=O) groups excluding carboxylic acids is 1. The molecule has 0 bridgehead atoms. The molecule has 7 heteroatoms. The third-order valence-electron chi connectivity index (χ3n) is 4.06. The van der Waals surface area contributed by atoms with Crippen molar-refractivity contribution in [3.05, 3.63) is 0 Å². The van der Waals surface area contributed by atoms with Crippen LogP contribution in [-0.4, -0.2) is 72.6 Å². The number of nitrogens with one attached hydrogen (secondary N) is 1. The number of amides is 1. The summed E-state index contributed by atoms with van der Waals surface area (Å²) < 4.78 is 0. The van der Waals surface area contributed by atoms with Crippen LogP contribution >= 0.6 is 24.0 Å². The smallest absolute Gasteiger partial charge is 0.243 e. The Morgan fingerprint density at radius 2 is 2.09 bits per heavy atom. The van der Waals surface area contributed by atoms with Gasteiger partial charge >= 0.3 is 0 Å². The molecule has 0 saturated carbocycles. The van der Waals surface area contributed by atoms with E-state index >= 15 is 0 Å². The predicted molar refractivity (Wildman–Crippen MR) is 101 cm³/mol. The first-order chi connectivity index (χ1) is 9.85. The third kappa shape index (κ3) is 6.68. The van der Waals surface area contributed by atoms with Crippen molar-refractivity contribution in [2.24, 2.45) is 10.9 Å². The van der Waals surface area contributed by atoms with Gasteiger partial charge in [0, 0.05) is 39.1 Å². The van der Waals surface area contributed by atoms with E-state index in [9.17, 15) is 9.90 Å². The fraction of sp³-hybridized carbons (Fsp3) is 0.867. The summed E-state index contributed by atoms with van der Waals surface area (Å²) in [6.07, 6.45) is 1.65. The lowest BCUT2D eigenvalue weighted by atomic mass is 10.0. The molecule has 1 heterocycles. The Kier molecular flexibility index (Phi) is 9.99. The van der Waals surface area contributed by atoms with Gasteiger partial charge in [-0.1, -0.05) is 6.92 Å². The van der Waals surface area contributed by atoms with Gasteiger partial charge in [-0.3, -0.25) is 4.79 Å². The number of carbonyl (C=O) groups is 1. The van der Waals surface area contributed by atoms with Gasteiger partial charge in [0.2, 0.25) is 5.91 Å². The van der Waals surface area contributed by atoms with Crippen molar-refractivity contribution in [3.8, 4) is 0 Å². The summed E-state index contributed by atoms with van der Waals surface area (Å²) in [5.41, 5.74) is 0. The second-order valence-corrected chi connectivity index (χ2v) is 6.12. The number of aliphatic hydroxyl groups excluding tert-OH is 1. The Labute approximate surface area is 151 Å². The number of hydrogen-bond acceptors (Lipinski definition) is 3. The van der Waals surface area contributed by atoms with E-state index in [-0.39, 0.29) is 48.5 Å². The van der Waals surface area contributed by atoms with Crippen molar-refractivity contribution in [1.29, 1.82) is 0 Å². The SMILES string of the molecule is CCC(C)NC(=NCC(=O)N(C)C)N1CCC(C(C)O)C1.I. The lowest BCUT2D eigenvalue weighted by molar-refractivity contribution is -0.127. The highest BCUT2D eigenvalue weighted by molar-refractivity contribution is 14.0. The molecule has 0 aromatic heterocycles. The Bertz CT molecular complexity index is 375. The van der Waals surface area contributed by atoms with Crippen LogP contribution in [0.25, 0.3) is 0 Å². The number of likely N-dealkylation sites (N-methyl/N-ethyl adjacent to an activating group) is 1. The molecule has 1 aliphatic heterocycles. The molecule has 0 radical (unpaired) electrons. The highest BCUT2D eigenvalue weighted by Gasteiger charge is 2.28. The molecule has 2 N–H and O–H groups in total. The third-order valence-corrected chi connectivity index (χ3v) is 4.06. The lowest BCUT2D eigenvalue weighted by Crippen LogP contribution is -2.45. The Morgan fingerprint density at radius 3 is 2.55 bits per heavy atom. The minimum Gasteiger partial charge on any atom is -0.393 e. The molecule has 3 atom stereocenters. The zero-order valence-electron chi connectivity index (χ0n) is 14.4. The van der Waals surface area contributed by atoms with Gasteiger partial charge < -0.3 is 20.2 Å². The molecule has 1 amide bonds. The number of guanidine groups is 1. The summed E-state index contributed by atoms with van der Waals surface area (Å²) >= 11 is 0. The van der Waals surface area contributed by atoms with Crippen molar-refractivity contribution in [1.82, 2.24) is 15.1 Å². The Hall–Kier alpha value is -0.570. The van der Waals surface area contributed by atoms with E-state index in [4.69, 9.17) is 0 Å². The van der Waals surface area contributed by atoms with Crippen LogP contribution in [0.3, 0.4) is 0 Å². The first-order valence-corrected chi connectivity index (χ1v) is 7.79. The van der Waals surface area contributed by atoms with E-state index in [2.05, 4.69) is 29.1 Å². The van der Waals surface area contributed by atoms with Crippen LogP contribution in [-0.2, 0) is 4.79 Å². The molecule has 0 aliphatic carbocycles. The van der Waals surface area contributed by atoms with Crippen LogP contribution in [0, 0.1) is 5.92 Å². The minimum atomic E-state index is -0.303. The maximum Gasteiger partial charge on any atom is 0.243 e. The Balaban J connectivity index is 0.00000441. The predicted octanol–water partition coefficient (Wildman–Crippen LogP) is 1.14. The van der Waals surface area contributed by atoms with Gasteiger partial charge in [0.1, 0.15) is 6.54 Å². The van der Waals surface area contributed by atoms with E-state index < -0.39 is 0 Å². The maximum absolute atomic E-state index is 11.7. The molecule has 1 saturated heterocycles. The van der Waals surface area contributed by atoms with Crippen molar-refractivity contribution in [2.45, 2.75) is 45.8 Å². The van der Waals surface area contributed by atoms with E-state index in [1.165, 1.54) is 0 Å². The van der Waals surface area contributed by atoms with E-state index in [0.29, 0.717) is 6.04 Å². The van der Waals surface area contributed by atoms with Crippen molar-refractivity contribution < 1.29 is 9.90 Å². The van der Waals surface area contributed by atoms with Crippen molar-refractivity contribution in [3.63, 3.8) is 0 Å². The average molecular weight is 426 g/mol. The van der Waals surface area contributed by atoms with Gasteiger partial charge in [-0.25, -0.2) is 4.99 Å². The van der Waals surface area contributed by atoms with Crippen LogP contribution in [0.2, 0.25) is 0 Å². The highest BCUT2D eigenvalue weighted by atomic mass is 127. The van der Waals surface area contributed by atoms with Gasteiger partial charge in [-0.2, -0.15) is 0 Å². The standard InChI is InChI=1S/C15H30N4O2.HI/c1-6-11(2)17-15(16-9-14(21)18(4)5)19-8-7-13(10-19)12(3)20;/h11-13,20H,6-10H2,1-5H3,(H,16,17);1H. The molecular formula is C15H31IN4O2. The fourth-order valence-electron chi connectivity index (χ4n) is 2.22. The Morgan fingerprint density at radius 1 is 1.45 bits per heavy atom. The second-order valence-electron chi connectivity index (χ2n) is 6.12. The summed E-state index contributed by atoms with van der Waals surface area (Å²) in [5, 5.41) is 13.1. The highest BCUT2D eigenvalue weighted by Crippen LogP contribution is 2.19. The summed E-state index contributed by atoms with van der Waals surface area (Å²) in [5.74, 6) is 1.05. The van der Waals surface area contributed by atoms with E-state index in [1.54, 1.807) is 19.0 Å². The summed E-state index contributed by atoms with van der Waals surface area (Å²) in [6.45, 7) is 7.86. The van der Waals surface area contributed by atoms with E-state index in [0.717, 1.165) is 31.9 Å². The molecule has 1 aliphatic rings. The summed E-state index contributed by atoms with van der Waals surface area (Å²) in [6, 6.07) is 0.309. The molecule has 1 fully saturated rings. The van der Waals surface area contributed by atoms with Crippen molar-refractivity contribution in [2.75, 3.05) is 33.7 Å². The topological polar surface area (TPSA) is 68.2 Å². The van der Waals surface area contributed by atoms with Crippen LogP contribution in [0.1, 0.15) is 33.6 Å². The maximum atomic E-state index is 11.7. The molecule has 130 valence electrons. The molecule has 0 spiro atoms. The normalized spacial score (nSPS) is 21.1. The van der Waals surface area contributed by atoms with Crippen LogP contribution < -0.4 is 5.32 Å². The first-order valence-electron chi connectivity index (χ1n) is 7.79. The average Bonchev–Trinajstić information content (AvgIpc) is 2.92. The largest absolute Gasteiger partial charge is 0.393 e. The molecule has 3 unspecified atom stereocenters. The molecule has 0 aromatic rings. The van der Waals surface area contributed by atoms with Gasteiger partial charge in [0.25, 0.3) is 0 Å². The number of aliphatic imine (C=N–C) groups is 1. The lowest BCUT2D eigenvalue weighted by Gasteiger charge is -2.25. The summed E-state index contributed by atoms with van der Waals surface area (Å²) in [4.78, 5) is 19.9. The number of likely N-dealkylation sites (tertiary alicyclic amines) is 1. The van der Waals surface area contributed by atoms with Gasteiger partial charge in [0.05, 0.1) is 6.10 Å². The number of nitrogens with zero attached hydrogens (tertiary/aromatic N) is 3. The molecular weight excluding hydrogens is 395 g/mol. The quantitative estimate of drug-likeness (QED) is 0.393. The molecule has 0 aromatic carbocycles. The van der Waals surface area contributed by atoms with Crippen molar-refractivity contribution >= 4 is 35.8 Å². The number of aliphatic hydroxyl groups is 1. The van der Waals surface area contributed by atoms with Crippen LogP contribution in [0.5, 0.6) is 0 Å². The minimum absolute atomic E-state index is 0. The van der Waals surface area contributed by atoms with Crippen LogP contribution in [0.4, 0.5) is 0 Å². The fourth-order valence-corrected chi connectivity index (χ4v) is 2.22. The molecule has 6 nitrogen and oxygen atoms in total. The second kappa shape index (κ2) is 10.3. The zero-order valence-corrected chi connectivity index (χ0v) is 16.7.